The first-order valence-corrected chi connectivity index (χ1v) is 9.15. The molecule has 3 heterocycles. The summed E-state index contributed by atoms with van der Waals surface area (Å²) in [4.78, 5) is 30.6. The molecule has 0 unspecified atom stereocenters. The van der Waals surface area contributed by atoms with Gasteiger partial charge in [0.05, 0.1) is 6.54 Å². The minimum Gasteiger partial charge on any atom is -0.314 e. The normalized spacial score (nSPS) is 11.7. The molecule has 0 bridgehead atoms. The van der Waals surface area contributed by atoms with E-state index in [9.17, 15) is 9.59 Å². The first-order valence-electron chi connectivity index (χ1n) is 9.15. The van der Waals surface area contributed by atoms with Crippen molar-refractivity contribution in [3.63, 3.8) is 0 Å². The zero-order chi connectivity index (χ0) is 19.3. The summed E-state index contributed by atoms with van der Waals surface area (Å²) in [6, 6.07) is 7.85. The Bertz CT molecular complexity index is 1270. The fourth-order valence-corrected chi connectivity index (χ4v) is 3.57. The highest BCUT2D eigenvalue weighted by Crippen LogP contribution is 2.16. The minimum absolute atomic E-state index is 0.240. The van der Waals surface area contributed by atoms with Gasteiger partial charge in [-0.25, -0.2) is 4.79 Å². The van der Waals surface area contributed by atoms with Gasteiger partial charge in [0, 0.05) is 25.5 Å². The van der Waals surface area contributed by atoms with Gasteiger partial charge in [0.2, 0.25) is 5.78 Å². The third kappa shape index (κ3) is 2.61. The molecule has 4 rings (SSSR count). The lowest BCUT2D eigenvalue weighted by Gasteiger charge is -2.08. The Kier molecular flexibility index (Phi) is 4.02. The fraction of sp³-hybridized carbons (Fsp3) is 0.350. The van der Waals surface area contributed by atoms with Gasteiger partial charge < -0.3 is 4.57 Å². The molecule has 0 saturated carbocycles. The SMILES string of the molecule is CCCn1c(C)cn2c3c(=O)n(Cc4ccc(C)cc4)c(=O)n(C)c3nc12. The van der Waals surface area contributed by atoms with Crippen molar-refractivity contribution in [1.82, 2.24) is 23.1 Å². The van der Waals surface area contributed by atoms with E-state index in [1.54, 1.807) is 7.05 Å². The van der Waals surface area contributed by atoms with Crippen molar-refractivity contribution in [2.45, 2.75) is 40.3 Å². The monoisotopic (exact) mass is 365 g/mol. The quantitative estimate of drug-likeness (QED) is 0.557. The van der Waals surface area contributed by atoms with Gasteiger partial charge in [-0.2, -0.15) is 4.98 Å². The molecule has 0 aliphatic rings. The van der Waals surface area contributed by atoms with Crippen molar-refractivity contribution < 1.29 is 0 Å². The van der Waals surface area contributed by atoms with Crippen LogP contribution in [0.2, 0.25) is 0 Å². The zero-order valence-corrected chi connectivity index (χ0v) is 16.1. The van der Waals surface area contributed by atoms with Crippen molar-refractivity contribution in [1.29, 1.82) is 0 Å². The molecule has 0 aliphatic carbocycles. The number of imidazole rings is 2. The second kappa shape index (κ2) is 6.26. The van der Waals surface area contributed by atoms with E-state index in [0.717, 1.165) is 29.8 Å². The average Bonchev–Trinajstić information content (AvgIpc) is 3.15. The Hall–Kier alpha value is -3.09. The van der Waals surface area contributed by atoms with Crippen LogP contribution in [0.5, 0.6) is 0 Å². The second-order valence-electron chi connectivity index (χ2n) is 7.09. The van der Waals surface area contributed by atoms with Crippen LogP contribution >= 0.6 is 0 Å². The van der Waals surface area contributed by atoms with Gasteiger partial charge in [-0.1, -0.05) is 36.8 Å². The number of rotatable bonds is 4. The van der Waals surface area contributed by atoms with Crippen LogP contribution in [0.1, 0.15) is 30.2 Å². The van der Waals surface area contributed by atoms with Gasteiger partial charge in [-0.3, -0.25) is 18.3 Å². The molecular formula is C20H23N5O2. The van der Waals surface area contributed by atoms with Crippen LogP contribution in [0, 0.1) is 13.8 Å². The Morgan fingerprint density at radius 2 is 1.74 bits per heavy atom. The van der Waals surface area contributed by atoms with E-state index in [1.165, 1.54) is 9.13 Å². The molecule has 7 heteroatoms. The highest BCUT2D eigenvalue weighted by atomic mass is 16.2. The predicted molar refractivity (Wildman–Crippen MR) is 105 cm³/mol. The highest BCUT2D eigenvalue weighted by Gasteiger charge is 2.20. The first-order chi connectivity index (χ1) is 12.9. The maximum atomic E-state index is 13.2. The van der Waals surface area contributed by atoms with E-state index in [2.05, 4.69) is 16.5 Å². The van der Waals surface area contributed by atoms with Crippen LogP contribution in [0.4, 0.5) is 0 Å². The van der Waals surface area contributed by atoms with Gasteiger partial charge in [-0.05, 0) is 25.8 Å². The summed E-state index contributed by atoms with van der Waals surface area (Å²) in [5.74, 6) is 0.699. The third-order valence-electron chi connectivity index (χ3n) is 5.05. The molecule has 1 aromatic carbocycles. The molecule has 0 aliphatic heterocycles. The van der Waals surface area contributed by atoms with Gasteiger partial charge in [0.1, 0.15) is 0 Å². The van der Waals surface area contributed by atoms with Crippen LogP contribution in [-0.4, -0.2) is 23.1 Å². The van der Waals surface area contributed by atoms with E-state index in [4.69, 9.17) is 0 Å². The smallest absolute Gasteiger partial charge is 0.314 e. The molecule has 0 atom stereocenters. The summed E-state index contributed by atoms with van der Waals surface area (Å²) in [6.45, 7) is 7.17. The van der Waals surface area contributed by atoms with E-state index in [-0.39, 0.29) is 17.8 Å². The summed E-state index contributed by atoms with van der Waals surface area (Å²) in [5.41, 5.74) is 3.29. The average molecular weight is 365 g/mol. The highest BCUT2D eigenvalue weighted by molar-refractivity contribution is 5.75. The number of benzene rings is 1. The Morgan fingerprint density at radius 3 is 2.41 bits per heavy atom. The summed E-state index contributed by atoms with van der Waals surface area (Å²) in [5, 5.41) is 0. The predicted octanol–water partition coefficient (Wildman–Crippen LogP) is 2.22. The molecule has 140 valence electrons. The van der Waals surface area contributed by atoms with Crippen molar-refractivity contribution in [2.75, 3.05) is 0 Å². The zero-order valence-electron chi connectivity index (χ0n) is 16.1. The topological polar surface area (TPSA) is 66.2 Å². The maximum Gasteiger partial charge on any atom is 0.332 e. The lowest BCUT2D eigenvalue weighted by Crippen LogP contribution is -2.39. The Morgan fingerprint density at radius 1 is 1.04 bits per heavy atom. The van der Waals surface area contributed by atoms with Crippen molar-refractivity contribution in [3.05, 3.63) is 68.1 Å². The van der Waals surface area contributed by atoms with Crippen molar-refractivity contribution in [3.8, 4) is 0 Å². The minimum atomic E-state index is -0.354. The molecule has 27 heavy (non-hydrogen) atoms. The van der Waals surface area contributed by atoms with Crippen LogP contribution < -0.4 is 11.2 Å². The molecule has 0 saturated heterocycles. The summed E-state index contributed by atoms with van der Waals surface area (Å²) in [6.07, 6.45) is 2.88. The molecular weight excluding hydrogens is 342 g/mol. The third-order valence-corrected chi connectivity index (χ3v) is 5.05. The van der Waals surface area contributed by atoms with Gasteiger partial charge >= 0.3 is 5.69 Å². The van der Waals surface area contributed by atoms with Crippen LogP contribution in [-0.2, 0) is 20.1 Å². The lowest BCUT2D eigenvalue weighted by atomic mass is 10.1. The number of fused-ring (bicyclic) bond motifs is 3. The summed E-state index contributed by atoms with van der Waals surface area (Å²) in [7, 11) is 1.67. The van der Waals surface area contributed by atoms with E-state index in [1.807, 2.05) is 48.7 Å². The first kappa shape index (κ1) is 17.3. The molecule has 0 amide bonds. The number of hydrogen-bond donors (Lipinski definition) is 0. The lowest BCUT2D eigenvalue weighted by molar-refractivity contribution is 0.656. The number of nitrogens with zero attached hydrogens (tertiary/aromatic N) is 5. The molecule has 7 nitrogen and oxygen atoms in total. The van der Waals surface area contributed by atoms with E-state index in [0.29, 0.717) is 16.9 Å². The number of aryl methyl sites for hydroxylation is 4. The molecule has 0 fully saturated rings. The number of hydrogen-bond acceptors (Lipinski definition) is 3. The molecule has 0 spiro atoms. The standard InChI is InChI=1S/C20H23N5O2/c1-5-10-23-14(3)11-24-16-17(21-19(23)24)22(4)20(27)25(18(16)26)12-15-8-6-13(2)7-9-15/h6-9,11H,5,10,12H2,1-4H3. The van der Waals surface area contributed by atoms with Gasteiger partial charge in [0.25, 0.3) is 5.56 Å². The van der Waals surface area contributed by atoms with Crippen LogP contribution in [0.3, 0.4) is 0 Å². The Balaban J connectivity index is 1.99. The molecule has 0 N–H and O–H groups in total. The van der Waals surface area contributed by atoms with Gasteiger partial charge in [0.15, 0.2) is 11.2 Å². The molecule has 3 aromatic heterocycles. The van der Waals surface area contributed by atoms with Crippen LogP contribution in [0.25, 0.3) is 16.9 Å². The van der Waals surface area contributed by atoms with E-state index >= 15 is 0 Å². The Labute approximate surface area is 156 Å². The van der Waals surface area contributed by atoms with Gasteiger partial charge in [-0.15, -0.1) is 0 Å². The second-order valence-corrected chi connectivity index (χ2v) is 7.09. The molecule has 0 radical (unpaired) electrons. The molecule has 4 aromatic rings. The summed E-state index contributed by atoms with van der Waals surface area (Å²) < 4.78 is 6.64. The fourth-order valence-electron chi connectivity index (χ4n) is 3.57. The summed E-state index contributed by atoms with van der Waals surface area (Å²) >= 11 is 0. The van der Waals surface area contributed by atoms with Crippen molar-refractivity contribution in [2.24, 2.45) is 7.05 Å². The largest absolute Gasteiger partial charge is 0.332 e. The van der Waals surface area contributed by atoms with Crippen LogP contribution in [0.15, 0.2) is 40.1 Å². The number of aromatic nitrogens is 5. The maximum absolute atomic E-state index is 13.2. The van der Waals surface area contributed by atoms with Crippen molar-refractivity contribution >= 4 is 16.9 Å². The van der Waals surface area contributed by atoms with E-state index < -0.39 is 0 Å².